The second-order valence-corrected chi connectivity index (χ2v) is 9.82. The van der Waals surface area contributed by atoms with Gasteiger partial charge in [0.25, 0.3) is 5.91 Å². The van der Waals surface area contributed by atoms with Crippen molar-refractivity contribution in [3.05, 3.63) is 53.1 Å². The third kappa shape index (κ3) is 6.95. The van der Waals surface area contributed by atoms with Gasteiger partial charge in [0.1, 0.15) is 10.6 Å². The van der Waals surface area contributed by atoms with Crippen molar-refractivity contribution in [1.82, 2.24) is 4.31 Å². The number of carbonyl (C=O) groups is 2. The van der Waals surface area contributed by atoms with E-state index in [0.29, 0.717) is 18.3 Å². The molecule has 0 spiro atoms. The highest BCUT2D eigenvalue weighted by atomic mass is 35.5. The molecule has 0 aliphatic rings. The summed E-state index contributed by atoms with van der Waals surface area (Å²) in [5.74, 6) is -0.447. The fraction of sp³-hybridized carbons (Fsp3) is 0.333. The van der Waals surface area contributed by atoms with Crippen LogP contribution in [0.2, 0.25) is 5.02 Å². The molecule has 2 aromatic rings. The van der Waals surface area contributed by atoms with Crippen molar-refractivity contribution in [1.29, 1.82) is 0 Å². The molecule has 0 unspecified atom stereocenters. The maximum absolute atomic E-state index is 12.3. The lowest BCUT2D eigenvalue weighted by Gasteiger charge is -2.14. The Labute approximate surface area is 187 Å². The number of carbonyl (C=O) groups excluding carboxylic acids is 2. The van der Waals surface area contributed by atoms with E-state index in [-0.39, 0.29) is 21.2 Å². The first-order chi connectivity index (χ1) is 14.5. The zero-order valence-electron chi connectivity index (χ0n) is 17.7. The fourth-order valence-electron chi connectivity index (χ4n) is 2.36. The van der Waals surface area contributed by atoms with Crippen LogP contribution >= 0.6 is 11.6 Å². The summed E-state index contributed by atoms with van der Waals surface area (Å²) in [7, 11) is -1.04. The van der Waals surface area contributed by atoms with E-state index in [4.69, 9.17) is 21.1 Å². The molecule has 0 atom stereocenters. The maximum Gasteiger partial charge on any atom is 0.338 e. The number of hydrogen-bond acceptors (Lipinski definition) is 6. The van der Waals surface area contributed by atoms with Gasteiger partial charge in [-0.1, -0.05) is 31.5 Å². The number of nitrogens with one attached hydrogen (secondary N) is 1. The van der Waals surface area contributed by atoms with Crippen LogP contribution in [0.4, 0.5) is 5.69 Å². The van der Waals surface area contributed by atoms with Gasteiger partial charge in [-0.3, -0.25) is 4.79 Å². The number of amides is 1. The van der Waals surface area contributed by atoms with Crippen LogP contribution in [0.1, 0.15) is 24.2 Å². The molecule has 10 heteroatoms. The van der Waals surface area contributed by atoms with Crippen molar-refractivity contribution in [3.8, 4) is 5.75 Å². The number of hydrogen-bond donors (Lipinski definition) is 1. The summed E-state index contributed by atoms with van der Waals surface area (Å²) < 4.78 is 36.3. The monoisotopic (exact) mass is 468 g/mol. The predicted octanol–water partition coefficient (Wildman–Crippen LogP) is 3.42. The van der Waals surface area contributed by atoms with Crippen molar-refractivity contribution >= 4 is 39.2 Å². The summed E-state index contributed by atoms with van der Waals surface area (Å²) in [4.78, 5) is 24.3. The summed E-state index contributed by atoms with van der Waals surface area (Å²) in [6.45, 7) is 3.98. The lowest BCUT2D eigenvalue weighted by Crippen LogP contribution is -2.23. The normalized spacial score (nSPS) is 11.5. The molecule has 168 valence electrons. The Morgan fingerprint density at radius 2 is 1.84 bits per heavy atom. The number of esters is 1. The second kappa shape index (κ2) is 10.6. The molecule has 0 saturated carbocycles. The molecular formula is C21H25ClN2O6S. The van der Waals surface area contributed by atoms with Gasteiger partial charge in [0.05, 0.1) is 17.2 Å². The second-order valence-electron chi connectivity index (χ2n) is 7.29. The topological polar surface area (TPSA) is 102 Å². The molecule has 0 aliphatic heterocycles. The zero-order chi connectivity index (χ0) is 23.2. The van der Waals surface area contributed by atoms with E-state index in [2.05, 4.69) is 5.32 Å². The summed E-state index contributed by atoms with van der Waals surface area (Å²) in [6, 6.07) is 10.5. The van der Waals surface area contributed by atoms with E-state index in [1.54, 1.807) is 24.3 Å². The van der Waals surface area contributed by atoms with E-state index in [1.807, 2.05) is 13.8 Å². The highest BCUT2D eigenvalue weighted by Gasteiger charge is 2.21. The quantitative estimate of drug-likeness (QED) is 0.566. The van der Waals surface area contributed by atoms with Crippen LogP contribution in [0.25, 0.3) is 0 Å². The first-order valence-electron chi connectivity index (χ1n) is 9.42. The molecule has 0 heterocycles. The Hall–Kier alpha value is -2.62. The summed E-state index contributed by atoms with van der Waals surface area (Å²) >= 11 is 5.99. The standard InChI is InChI=1S/C21H25ClN2O6S/c1-14(2)12-29-17-7-5-6-15(10-17)21(26)30-13-20(25)23-16-8-9-18(22)19(11-16)31(27,28)24(3)4/h5-11,14H,12-13H2,1-4H3,(H,23,25). The molecule has 2 aromatic carbocycles. The van der Waals surface area contributed by atoms with Crippen LogP contribution in [0.5, 0.6) is 5.75 Å². The van der Waals surface area contributed by atoms with Gasteiger partial charge >= 0.3 is 5.97 Å². The van der Waals surface area contributed by atoms with Crippen molar-refractivity contribution in [2.24, 2.45) is 5.92 Å². The third-order valence-electron chi connectivity index (χ3n) is 3.96. The first-order valence-corrected chi connectivity index (χ1v) is 11.2. The van der Waals surface area contributed by atoms with Gasteiger partial charge in [0.2, 0.25) is 10.0 Å². The number of benzene rings is 2. The average molecular weight is 469 g/mol. The maximum atomic E-state index is 12.3. The number of ether oxygens (including phenoxy) is 2. The van der Waals surface area contributed by atoms with Crippen LogP contribution in [0, 0.1) is 5.92 Å². The Morgan fingerprint density at radius 1 is 1.13 bits per heavy atom. The van der Waals surface area contributed by atoms with Crippen LogP contribution in [-0.4, -0.2) is 51.9 Å². The molecule has 1 N–H and O–H groups in total. The molecule has 0 saturated heterocycles. The lowest BCUT2D eigenvalue weighted by molar-refractivity contribution is -0.119. The van der Waals surface area contributed by atoms with E-state index < -0.39 is 28.5 Å². The number of sulfonamides is 1. The van der Waals surface area contributed by atoms with Crippen molar-refractivity contribution in [3.63, 3.8) is 0 Å². The van der Waals surface area contributed by atoms with E-state index in [0.717, 1.165) is 4.31 Å². The van der Waals surface area contributed by atoms with Crippen molar-refractivity contribution in [2.75, 3.05) is 32.6 Å². The Bertz CT molecular complexity index is 1050. The Kier molecular flexibility index (Phi) is 8.43. The third-order valence-corrected chi connectivity index (χ3v) is 6.26. The highest BCUT2D eigenvalue weighted by molar-refractivity contribution is 7.89. The molecule has 8 nitrogen and oxygen atoms in total. The predicted molar refractivity (Wildman–Crippen MR) is 118 cm³/mol. The highest BCUT2D eigenvalue weighted by Crippen LogP contribution is 2.26. The van der Waals surface area contributed by atoms with Gasteiger partial charge in [-0.2, -0.15) is 0 Å². The van der Waals surface area contributed by atoms with Crippen LogP contribution in [0.3, 0.4) is 0 Å². The number of nitrogens with zero attached hydrogens (tertiary/aromatic N) is 1. The van der Waals surface area contributed by atoms with Gasteiger partial charge in [-0.25, -0.2) is 17.5 Å². The van der Waals surface area contributed by atoms with E-state index in [1.165, 1.54) is 32.3 Å². The van der Waals surface area contributed by atoms with Crippen molar-refractivity contribution in [2.45, 2.75) is 18.7 Å². The Morgan fingerprint density at radius 3 is 2.48 bits per heavy atom. The van der Waals surface area contributed by atoms with Gasteiger partial charge < -0.3 is 14.8 Å². The van der Waals surface area contributed by atoms with Gasteiger partial charge in [0.15, 0.2) is 6.61 Å². The van der Waals surface area contributed by atoms with E-state index in [9.17, 15) is 18.0 Å². The minimum atomic E-state index is -3.79. The fourth-order valence-corrected chi connectivity index (χ4v) is 3.76. The number of halogens is 1. The summed E-state index contributed by atoms with van der Waals surface area (Å²) in [5, 5.41) is 2.51. The molecular weight excluding hydrogens is 444 g/mol. The number of anilines is 1. The smallest absolute Gasteiger partial charge is 0.338 e. The first kappa shape index (κ1) is 24.6. The minimum absolute atomic E-state index is 0.0256. The van der Waals surface area contributed by atoms with Crippen LogP contribution in [0.15, 0.2) is 47.4 Å². The largest absolute Gasteiger partial charge is 0.493 e. The molecule has 0 bridgehead atoms. The molecule has 0 aromatic heterocycles. The van der Waals surface area contributed by atoms with Crippen LogP contribution in [-0.2, 0) is 19.6 Å². The molecule has 1 amide bonds. The molecule has 31 heavy (non-hydrogen) atoms. The minimum Gasteiger partial charge on any atom is -0.493 e. The lowest BCUT2D eigenvalue weighted by atomic mass is 10.2. The number of rotatable bonds is 9. The Balaban J connectivity index is 2.00. The van der Waals surface area contributed by atoms with Gasteiger partial charge in [-0.05, 0) is 42.3 Å². The summed E-state index contributed by atoms with van der Waals surface area (Å²) in [6.07, 6.45) is 0. The van der Waals surface area contributed by atoms with Gasteiger partial charge in [-0.15, -0.1) is 0 Å². The SMILES string of the molecule is CC(C)COc1cccc(C(=O)OCC(=O)Nc2ccc(Cl)c(S(=O)(=O)N(C)C)c2)c1. The van der Waals surface area contributed by atoms with Gasteiger partial charge in [0, 0.05) is 19.8 Å². The molecule has 0 aliphatic carbocycles. The van der Waals surface area contributed by atoms with Crippen molar-refractivity contribution < 1.29 is 27.5 Å². The molecule has 0 fully saturated rings. The van der Waals surface area contributed by atoms with E-state index >= 15 is 0 Å². The molecule has 0 radical (unpaired) electrons. The zero-order valence-corrected chi connectivity index (χ0v) is 19.3. The average Bonchev–Trinajstić information content (AvgIpc) is 2.71. The van der Waals surface area contributed by atoms with Crippen LogP contribution < -0.4 is 10.1 Å². The summed E-state index contributed by atoms with van der Waals surface area (Å²) in [5.41, 5.74) is 0.454. The molecule has 2 rings (SSSR count).